The van der Waals surface area contributed by atoms with Crippen LogP contribution in [0.25, 0.3) is 11.3 Å². The molecule has 2 aromatic heterocycles. The lowest BCUT2D eigenvalue weighted by atomic mass is 9.97. The molecule has 212 valence electrons. The van der Waals surface area contributed by atoms with Crippen molar-refractivity contribution >= 4 is 47.1 Å². The zero-order valence-corrected chi connectivity index (χ0v) is 23.6. The molecular formula is C30H27Cl2F2N5O2. The lowest BCUT2D eigenvalue weighted by molar-refractivity contribution is -0.116. The second-order valence-corrected chi connectivity index (χ2v) is 9.70. The summed E-state index contributed by atoms with van der Waals surface area (Å²) in [6, 6.07) is 18.4. The van der Waals surface area contributed by atoms with Gasteiger partial charge in [-0.15, -0.1) is 12.4 Å². The molecule has 0 aliphatic carbocycles. The molecule has 0 unspecified atom stereocenters. The Morgan fingerprint density at radius 2 is 1.85 bits per heavy atom. The number of fused-ring (bicyclic) bond motifs is 1. The van der Waals surface area contributed by atoms with Gasteiger partial charge in [0.2, 0.25) is 5.91 Å². The third-order valence-electron chi connectivity index (χ3n) is 6.67. The number of halogens is 4. The molecule has 1 N–H and O–H groups in total. The highest BCUT2D eigenvalue weighted by atomic mass is 35.5. The van der Waals surface area contributed by atoms with E-state index >= 15 is 8.78 Å². The lowest BCUT2D eigenvalue weighted by Gasteiger charge is -2.23. The molecule has 7 nitrogen and oxygen atoms in total. The highest BCUT2D eigenvalue weighted by Crippen LogP contribution is 2.43. The molecule has 4 aromatic rings. The molecule has 0 atom stereocenters. The molecule has 5 rings (SSSR count). The van der Waals surface area contributed by atoms with Crippen LogP contribution >= 0.6 is 24.0 Å². The van der Waals surface area contributed by atoms with E-state index in [9.17, 15) is 9.59 Å². The van der Waals surface area contributed by atoms with Crippen LogP contribution in [0, 0.1) is 0 Å². The summed E-state index contributed by atoms with van der Waals surface area (Å²) in [6.45, 7) is 1.82. The van der Waals surface area contributed by atoms with Crippen LogP contribution in [0.5, 0.6) is 0 Å². The van der Waals surface area contributed by atoms with Crippen LogP contribution in [-0.4, -0.2) is 39.0 Å². The van der Waals surface area contributed by atoms with Crippen molar-refractivity contribution in [3.8, 4) is 5.69 Å². The van der Waals surface area contributed by atoms with Gasteiger partial charge in [-0.25, -0.2) is 13.5 Å². The molecule has 0 saturated heterocycles. The minimum absolute atomic E-state index is 0. The molecular weight excluding hydrogens is 571 g/mol. The van der Waals surface area contributed by atoms with Gasteiger partial charge >= 0.3 is 0 Å². The molecule has 0 bridgehead atoms. The largest absolute Gasteiger partial charge is 0.347 e. The number of anilines is 1. The van der Waals surface area contributed by atoms with Crippen LogP contribution in [0.2, 0.25) is 5.02 Å². The van der Waals surface area contributed by atoms with Crippen LogP contribution < -0.4 is 10.2 Å². The second kappa shape index (κ2) is 12.6. The number of alkyl halides is 2. The SMILES string of the molecule is CCc1ccn(-c2ccc(C(=O)N3CCC(F)(F)/C(=C\C(=O)NCc4ccccn4)c4ccccc43)c(Cl)c2)n1.Cl. The van der Waals surface area contributed by atoms with Crippen molar-refractivity contribution in [2.45, 2.75) is 32.2 Å². The average molecular weight is 598 g/mol. The summed E-state index contributed by atoms with van der Waals surface area (Å²) >= 11 is 6.53. The Morgan fingerprint density at radius 3 is 2.56 bits per heavy atom. The number of para-hydroxylation sites is 1. The number of benzene rings is 2. The van der Waals surface area contributed by atoms with E-state index in [0.717, 1.165) is 18.2 Å². The van der Waals surface area contributed by atoms with Gasteiger partial charge in [0.15, 0.2) is 0 Å². The van der Waals surface area contributed by atoms with Crippen LogP contribution in [0.3, 0.4) is 0 Å². The fraction of sp³-hybridized carbons (Fsp3) is 0.200. The number of amides is 2. The Hall–Kier alpha value is -4.08. The summed E-state index contributed by atoms with van der Waals surface area (Å²) in [5.74, 6) is -4.56. The second-order valence-electron chi connectivity index (χ2n) is 9.29. The van der Waals surface area contributed by atoms with Gasteiger partial charge in [0.05, 0.1) is 39.9 Å². The number of nitrogens with one attached hydrogen (secondary N) is 1. The summed E-state index contributed by atoms with van der Waals surface area (Å²) in [5.41, 5.74) is 2.27. The molecule has 0 spiro atoms. The minimum Gasteiger partial charge on any atom is -0.347 e. The van der Waals surface area contributed by atoms with Gasteiger partial charge in [-0.1, -0.05) is 42.8 Å². The predicted molar refractivity (Wildman–Crippen MR) is 157 cm³/mol. The Labute approximate surface area is 247 Å². The van der Waals surface area contributed by atoms with E-state index in [1.54, 1.807) is 71.7 Å². The summed E-state index contributed by atoms with van der Waals surface area (Å²) in [5, 5.41) is 7.25. The van der Waals surface area contributed by atoms with E-state index in [0.29, 0.717) is 11.4 Å². The molecule has 2 aromatic carbocycles. The number of nitrogens with zero attached hydrogens (tertiary/aromatic N) is 4. The maximum Gasteiger partial charge on any atom is 0.275 e. The summed E-state index contributed by atoms with van der Waals surface area (Å²) in [7, 11) is 0. The third-order valence-corrected chi connectivity index (χ3v) is 6.99. The van der Waals surface area contributed by atoms with Crippen molar-refractivity contribution in [2.24, 2.45) is 0 Å². The Kier molecular flexibility index (Phi) is 9.20. The van der Waals surface area contributed by atoms with Gasteiger partial charge in [-0.05, 0) is 48.9 Å². The molecule has 2 amide bonds. The highest BCUT2D eigenvalue weighted by Gasteiger charge is 2.41. The smallest absolute Gasteiger partial charge is 0.275 e. The van der Waals surface area contributed by atoms with Crippen LogP contribution in [0.1, 0.15) is 40.7 Å². The molecule has 0 fully saturated rings. The fourth-order valence-corrected chi connectivity index (χ4v) is 4.81. The first-order chi connectivity index (χ1) is 19.3. The van der Waals surface area contributed by atoms with Gasteiger partial charge in [-0.3, -0.25) is 14.6 Å². The van der Waals surface area contributed by atoms with Crippen LogP contribution in [0.4, 0.5) is 14.5 Å². The van der Waals surface area contributed by atoms with Crippen molar-refractivity contribution in [3.05, 3.63) is 113 Å². The highest BCUT2D eigenvalue weighted by molar-refractivity contribution is 6.34. The van der Waals surface area contributed by atoms with E-state index in [-0.39, 0.29) is 47.3 Å². The van der Waals surface area contributed by atoms with E-state index in [2.05, 4.69) is 15.4 Å². The van der Waals surface area contributed by atoms with E-state index < -0.39 is 29.7 Å². The van der Waals surface area contributed by atoms with E-state index in [4.69, 9.17) is 11.6 Å². The number of carbonyl (C=O) groups is 2. The molecule has 1 aliphatic rings. The standard InChI is InChI=1S/C30H26ClF2N5O2.ClH/c1-2-20-12-15-38(36-20)22-10-11-24(26(31)17-22)29(40)37-16-13-30(32,33)25(23-8-3-4-9-27(23)37)18-28(39)35-19-21-7-5-6-14-34-21;/h3-12,14-15,17-18H,2,13,16,19H2,1H3,(H,35,39);1H/b25-18-;. The Bertz CT molecular complexity index is 1590. The first kappa shape index (κ1) is 29.9. The number of carbonyl (C=O) groups excluding carboxylic acids is 2. The van der Waals surface area contributed by atoms with Crippen molar-refractivity contribution in [1.29, 1.82) is 0 Å². The molecule has 0 radical (unpaired) electrons. The van der Waals surface area contributed by atoms with Crippen molar-refractivity contribution in [1.82, 2.24) is 20.1 Å². The van der Waals surface area contributed by atoms with Gasteiger partial charge in [-0.2, -0.15) is 5.10 Å². The third kappa shape index (κ3) is 6.47. The maximum atomic E-state index is 15.5. The Morgan fingerprint density at radius 1 is 1.07 bits per heavy atom. The van der Waals surface area contributed by atoms with Gasteiger partial charge in [0.25, 0.3) is 11.8 Å². The summed E-state index contributed by atoms with van der Waals surface area (Å²) in [6.07, 6.45) is 4.40. The molecule has 11 heteroatoms. The minimum atomic E-state index is -3.36. The van der Waals surface area contributed by atoms with Crippen molar-refractivity contribution in [3.63, 3.8) is 0 Å². The normalized spacial score (nSPS) is 15.0. The quantitative estimate of drug-likeness (QED) is 0.265. The molecule has 3 heterocycles. The van der Waals surface area contributed by atoms with E-state index in [1.165, 1.54) is 11.0 Å². The zero-order chi connectivity index (χ0) is 28.3. The maximum absolute atomic E-state index is 15.5. The first-order valence-corrected chi connectivity index (χ1v) is 13.2. The number of hydrogen-bond donors (Lipinski definition) is 1. The zero-order valence-electron chi connectivity index (χ0n) is 22.1. The number of aryl methyl sites for hydroxylation is 1. The molecule has 0 saturated carbocycles. The number of allylic oxidation sites excluding steroid dienone is 1. The topological polar surface area (TPSA) is 80.1 Å². The van der Waals surface area contributed by atoms with Gasteiger partial charge < -0.3 is 10.2 Å². The fourth-order valence-electron chi connectivity index (χ4n) is 4.56. The first-order valence-electron chi connectivity index (χ1n) is 12.8. The van der Waals surface area contributed by atoms with Gasteiger partial charge in [0, 0.05) is 42.6 Å². The number of rotatable bonds is 6. The lowest BCUT2D eigenvalue weighted by Crippen LogP contribution is -2.33. The predicted octanol–water partition coefficient (Wildman–Crippen LogP) is 6.29. The number of aromatic nitrogens is 3. The van der Waals surface area contributed by atoms with Crippen molar-refractivity contribution in [2.75, 3.05) is 11.4 Å². The monoisotopic (exact) mass is 597 g/mol. The number of pyridine rings is 1. The Balaban J connectivity index is 0.00000387. The summed E-state index contributed by atoms with van der Waals surface area (Å²) in [4.78, 5) is 31.8. The molecule has 1 aliphatic heterocycles. The van der Waals surface area contributed by atoms with Crippen molar-refractivity contribution < 1.29 is 18.4 Å². The van der Waals surface area contributed by atoms with Crippen LogP contribution in [-0.2, 0) is 17.8 Å². The van der Waals surface area contributed by atoms with E-state index in [1.807, 2.05) is 13.0 Å². The number of hydrogen-bond acceptors (Lipinski definition) is 4. The average Bonchev–Trinajstić information content (AvgIpc) is 3.41. The molecule has 41 heavy (non-hydrogen) atoms. The van der Waals surface area contributed by atoms with Gasteiger partial charge in [0.1, 0.15) is 0 Å². The van der Waals surface area contributed by atoms with Crippen LogP contribution in [0.15, 0.2) is 85.2 Å². The summed E-state index contributed by atoms with van der Waals surface area (Å²) < 4.78 is 32.6.